The van der Waals surface area contributed by atoms with Crippen LogP contribution in [0.3, 0.4) is 0 Å². The lowest BCUT2D eigenvalue weighted by Crippen LogP contribution is -2.40. The van der Waals surface area contributed by atoms with Crippen LogP contribution in [-0.2, 0) is 19.6 Å². The molecule has 0 rings (SSSR count). The van der Waals surface area contributed by atoms with Gasteiger partial charge in [-0.05, 0) is 6.92 Å². The third-order valence-electron chi connectivity index (χ3n) is 1.27. The van der Waals surface area contributed by atoms with Crippen LogP contribution in [0.25, 0.3) is 0 Å². The van der Waals surface area contributed by atoms with Gasteiger partial charge in [0.2, 0.25) is 10.0 Å². The first-order valence-corrected chi connectivity index (χ1v) is 5.40. The number of nitrogens with zero attached hydrogens (tertiary/aromatic N) is 1. The number of hydrogen-bond donors (Lipinski definition) is 1. The average molecular weight is 221 g/mol. The third kappa shape index (κ3) is 3.56. The van der Waals surface area contributed by atoms with Gasteiger partial charge in [-0.2, -0.15) is 0 Å². The van der Waals surface area contributed by atoms with E-state index in [9.17, 15) is 18.0 Å². The van der Waals surface area contributed by atoms with E-state index in [0.29, 0.717) is 0 Å². The summed E-state index contributed by atoms with van der Waals surface area (Å²) in [5, 5.41) is 8.39. The van der Waals surface area contributed by atoms with Crippen LogP contribution in [0.1, 0.15) is 6.92 Å². The maximum atomic E-state index is 11.2. The first-order valence-electron chi connectivity index (χ1n) is 3.55. The van der Waals surface area contributed by atoms with E-state index >= 15 is 0 Å². The second-order valence-corrected chi connectivity index (χ2v) is 4.66. The summed E-state index contributed by atoms with van der Waals surface area (Å²) < 4.78 is 22.3. The summed E-state index contributed by atoms with van der Waals surface area (Å²) in [6.07, 6.45) is 0.761. The number of carboxylic acids is 1. The van der Waals surface area contributed by atoms with E-state index in [0.717, 1.165) is 6.26 Å². The Morgan fingerprint density at radius 1 is 1.43 bits per heavy atom. The average Bonchev–Trinajstić information content (AvgIpc) is 1.96. The predicted molar refractivity (Wildman–Crippen MR) is 49.0 cm³/mol. The monoisotopic (exact) mass is 221 g/mol. The fourth-order valence-corrected chi connectivity index (χ4v) is 1.48. The van der Waals surface area contributed by atoms with Gasteiger partial charge in [-0.15, -0.1) is 0 Å². The Hall–Kier alpha value is -1.37. The number of amides is 1. The lowest BCUT2D eigenvalue weighted by atomic mass is 10.3. The molecule has 0 aromatic carbocycles. The van der Waals surface area contributed by atoms with Crippen molar-refractivity contribution >= 4 is 21.9 Å². The Labute approximate surface area is 81.9 Å². The van der Waals surface area contributed by atoms with Gasteiger partial charge in [0.15, 0.2) is 0 Å². The van der Waals surface area contributed by atoms with Crippen molar-refractivity contribution in [3.63, 3.8) is 0 Å². The molecular weight excluding hydrogens is 210 g/mol. The summed E-state index contributed by atoms with van der Waals surface area (Å²) in [4.78, 5) is 21.5. The van der Waals surface area contributed by atoms with E-state index in [1.807, 2.05) is 0 Å². The molecule has 0 aromatic rings. The molecule has 0 aromatic heterocycles. The van der Waals surface area contributed by atoms with Crippen molar-refractivity contribution in [1.82, 2.24) is 4.31 Å². The molecule has 0 aliphatic heterocycles. The summed E-state index contributed by atoms with van der Waals surface area (Å²) in [6, 6.07) is 0. The van der Waals surface area contributed by atoms with Gasteiger partial charge >= 0.3 is 5.97 Å². The van der Waals surface area contributed by atoms with Gasteiger partial charge in [-0.1, -0.05) is 6.58 Å². The highest BCUT2D eigenvalue weighted by Crippen LogP contribution is 2.04. The Morgan fingerprint density at radius 3 is 2.07 bits per heavy atom. The Kier molecular flexibility index (Phi) is 3.81. The van der Waals surface area contributed by atoms with Gasteiger partial charge in [0.05, 0.1) is 6.26 Å². The van der Waals surface area contributed by atoms with Crippen molar-refractivity contribution < 1.29 is 23.1 Å². The molecular formula is C7H11NO5S. The number of carbonyl (C=O) groups is 2. The molecule has 6 nitrogen and oxygen atoms in total. The van der Waals surface area contributed by atoms with Crippen molar-refractivity contribution in [2.75, 3.05) is 12.8 Å². The maximum Gasteiger partial charge on any atom is 0.324 e. The van der Waals surface area contributed by atoms with Crippen LogP contribution < -0.4 is 0 Å². The molecule has 0 bridgehead atoms. The van der Waals surface area contributed by atoms with Crippen LogP contribution in [0, 0.1) is 0 Å². The van der Waals surface area contributed by atoms with Crippen LogP contribution >= 0.6 is 0 Å². The molecule has 14 heavy (non-hydrogen) atoms. The lowest BCUT2D eigenvalue weighted by molar-refractivity contribution is -0.140. The van der Waals surface area contributed by atoms with E-state index < -0.39 is 28.4 Å². The number of aliphatic carboxylic acids is 1. The van der Waals surface area contributed by atoms with Gasteiger partial charge in [-0.3, -0.25) is 9.59 Å². The van der Waals surface area contributed by atoms with Gasteiger partial charge in [0.1, 0.15) is 6.54 Å². The zero-order valence-electron chi connectivity index (χ0n) is 7.85. The fraction of sp³-hybridized carbons (Fsp3) is 0.429. The lowest BCUT2D eigenvalue weighted by Gasteiger charge is -2.17. The number of hydrogen-bond acceptors (Lipinski definition) is 4. The number of carbonyl (C=O) groups excluding carboxylic acids is 1. The van der Waals surface area contributed by atoms with Crippen molar-refractivity contribution in [2.24, 2.45) is 0 Å². The van der Waals surface area contributed by atoms with Crippen LogP contribution in [0.2, 0.25) is 0 Å². The predicted octanol–water partition coefficient (Wildman–Crippen LogP) is -0.565. The molecule has 0 aliphatic rings. The molecule has 0 saturated carbocycles. The summed E-state index contributed by atoms with van der Waals surface area (Å²) in [5.41, 5.74) is -0.0309. The van der Waals surface area contributed by atoms with E-state index in [1.165, 1.54) is 6.92 Å². The van der Waals surface area contributed by atoms with Gasteiger partial charge in [-0.25, -0.2) is 12.7 Å². The standard InChI is InChI=1S/C7H11NO5S/c1-5(2)7(11)8(4-6(9)10)14(3,12)13/h1,4H2,2-3H3,(H,9,10). The van der Waals surface area contributed by atoms with E-state index in [2.05, 4.69) is 6.58 Å². The number of sulfonamides is 1. The summed E-state index contributed by atoms with van der Waals surface area (Å²) in [7, 11) is -3.86. The molecule has 0 heterocycles. The minimum atomic E-state index is -3.86. The van der Waals surface area contributed by atoms with Gasteiger partial charge in [0, 0.05) is 5.57 Å². The fourth-order valence-electron chi connectivity index (χ4n) is 0.675. The van der Waals surface area contributed by atoms with Crippen LogP contribution in [-0.4, -0.2) is 42.5 Å². The zero-order chi connectivity index (χ0) is 11.5. The first-order chi connectivity index (χ1) is 6.16. The molecule has 7 heteroatoms. The van der Waals surface area contributed by atoms with Crippen LogP contribution in [0.5, 0.6) is 0 Å². The largest absolute Gasteiger partial charge is 0.480 e. The minimum Gasteiger partial charge on any atom is -0.480 e. The first kappa shape index (κ1) is 12.6. The third-order valence-corrected chi connectivity index (χ3v) is 2.37. The Bertz CT molecular complexity index is 370. The second kappa shape index (κ2) is 4.23. The zero-order valence-corrected chi connectivity index (χ0v) is 8.67. The number of rotatable bonds is 4. The SMILES string of the molecule is C=C(C)C(=O)N(CC(=O)O)S(C)(=O)=O. The van der Waals surface area contributed by atoms with E-state index in [-0.39, 0.29) is 9.88 Å². The van der Waals surface area contributed by atoms with Crippen molar-refractivity contribution in [2.45, 2.75) is 6.92 Å². The Balaban J connectivity index is 5.03. The molecule has 0 aliphatic carbocycles. The molecule has 80 valence electrons. The highest BCUT2D eigenvalue weighted by Gasteiger charge is 2.25. The smallest absolute Gasteiger partial charge is 0.324 e. The quantitative estimate of drug-likeness (QED) is 0.642. The molecule has 0 saturated heterocycles. The molecule has 1 amide bonds. The molecule has 0 spiro atoms. The molecule has 1 N–H and O–H groups in total. The molecule has 0 fully saturated rings. The van der Waals surface area contributed by atoms with Crippen LogP contribution in [0.4, 0.5) is 0 Å². The Morgan fingerprint density at radius 2 is 1.86 bits per heavy atom. The molecule has 0 atom stereocenters. The number of carboxylic acid groups (broad SMARTS) is 1. The van der Waals surface area contributed by atoms with Gasteiger partial charge in [0.25, 0.3) is 5.91 Å². The minimum absolute atomic E-state index is 0.0309. The van der Waals surface area contributed by atoms with E-state index in [1.54, 1.807) is 0 Å². The molecule has 0 unspecified atom stereocenters. The summed E-state index contributed by atoms with van der Waals surface area (Å²) in [6.45, 7) is 3.67. The van der Waals surface area contributed by atoms with Crippen molar-refractivity contribution in [3.05, 3.63) is 12.2 Å². The van der Waals surface area contributed by atoms with Gasteiger partial charge < -0.3 is 5.11 Å². The normalized spacial score (nSPS) is 10.7. The van der Waals surface area contributed by atoms with Crippen molar-refractivity contribution in [1.29, 1.82) is 0 Å². The topological polar surface area (TPSA) is 91.8 Å². The summed E-state index contributed by atoms with van der Waals surface area (Å²) >= 11 is 0. The highest BCUT2D eigenvalue weighted by atomic mass is 32.2. The van der Waals surface area contributed by atoms with Crippen LogP contribution in [0.15, 0.2) is 12.2 Å². The maximum absolute atomic E-state index is 11.2. The van der Waals surface area contributed by atoms with Crippen molar-refractivity contribution in [3.8, 4) is 0 Å². The summed E-state index contributed by atoms with van der Waals surface area (Å²) in [5.74, 6) is -2.31. The second-order valence-electron chi connectivity index (χ2n) is 2.75. The van der Waals surface area contributed by atoms with E-state index in [4.69, 9.17) is 5.11 Å². The highest BCUT2D eigenvalue weighted by molar-refractivity contribution is 7.88. The molecule has 0 radical (unpaired) electrons.